The molecule has 1 aliphatic rings. The molecule has 1 fully saturated rings. The maximum absolute atomic E-state index is 6.17. The highest BCUT2D eigenvalue weighted by Crippen LogP contribution is 2.24. The van der Waals surface area contributed by atoms with E-state index in [1.54, 1.807) is 6.07 Å². The van der Waals surface area contributed by atoms with Crippen molar-refractivity contribution in [2.75, 3.05) is 23.3 Å². The zero-order valence-corrected chi connectivity index (χ0v) is 16.0. The van der Waals surface area contributed by atoms with Gasteiger partial charge < -0.3 is 20.0 Å². The van der Waals surface area contributed by atoms with Gasteiger partial charge in [-0.05, 0) is 50.0 Å². The Kier molecular flexibility index (Phi) is 5.75. The van der Waals surface area contributed by atoms with Gasteiger partial charge in [-0.25, -0.2) is 4.98 Å². The Hall–Kier alpha value is -1.86. The van der Waals surface area contributed by atoms with Crippen LogP contribution in [0.3, 0.4) is 0 Å². The monoisotopic (exact) mass is 379 g/mol. The van der Waals surface area contributed by atoms with Gasteiger partial charge in [-0.1, -0.05) is 18.5 Å². The Labute approximate surface area is 158 Å². The van der Waals surface area contributed by atoms with Crippen LogP contribution >= 0.6 is 23.8 Å². The molecule has 1 atom stereocenters. The number of aryl methyl sites for hydroxylation is 1. The minimum absolute atomic E-state index is 0.397. The topological polar surface area (TPSA) is 66.2 Å². The number of hydrogen-bond donors (Lipinski definition) is 2. The first-order valence-electron chi connectivity index (χ1n) is 8.39. The molecular weight excluding hydrogens is 358 g/mol. The van der Waals surface area contributed by atoms with Crippen LogP contribution in [0.2, 0.25) is 5.15 Å². The second kappa shape index (κ2) is 8.01. The SMILES string of the molecule is Cc1ccc(CNC(=S)Nc2nc(Cl)cc(N3CCC[C@@H](C)C3)n2)o1. The number of anilines is 2. The molecule has 2 N–H and O–H groups in total. The molecule has 2 aromatic heterocycles. The molecule has 0 aliphatic carbocycles. The van der Waals surface area contributed by atoms with Crippen molar-refractivity contribution in [3.63, 3.8) is 0 Å². The highest BCUT2D eigenvalue weighted by Gasteiger charge is 2.19. The Bertz CT molecular complexity index is 750. The van der Waals surface area contributed by atoms with Gasteiger partial charge in [0.2, 0.25) is 5.95 Å². The van der Waals surface area contributed by atoms with Crippen molar-refractivity contribution in [1.29, 1.82) is 0 Å². The summed E-state index contributed by atoms with van der Waals surface area (Å²) in [6.07, 6.45) is 2.41. The third kappa shape index (κ3) is 5.06. The van der Waals surface area contributed by atoms with Gasteiger partial charge >= 0.3 is 0 Å². The number of thiocarbonyl (C=S) groups is 1. The summed E-state index contributed by atoms with van der Waals surface area (Å²) in [4.78, 5) is 11.0. The fourth-order valence-electron chi connectivity index (χ4n) is 2.91. The maximum atomic E-state index is 6.17. The number of rotatable bonds is 4. The van der Waals surface area contributed by atoms with Crippen molar-refractivity contribution in [2.45, 2.75) is 33.2 Å². The van der Waals surface area contributed by atoms with Crippen LogP contribution in [-0.4, -0.2) is 28.2 Å². The summed E-state index contributed by atoms with van der Waals surface area (Å²) < 4.78 is 5.50. The first kappa shape index (κ1) is 17.9. The van der Waals surface area contributed by atoms with Gasteiger partial charge in [0.1, 0.15) is 22.5 Å². The quantitative estimate of drug-likeness (QED) is 0.619. The molecule has 0 saturated carbocycles. The van der Waals surface area contributed by atoms with E-state index in [4.69, 9.17) is 28.2 Å². The summed E-state index contributed by atoms with van der Waals surface area (Å²) in [6, 6.07) is 5.63. The molecule has 3 heterocycles. The molecule has 0 radical (unpaired) electrons. The van der Waals surface area contributed by atoms with Crippen LogP contribution in [0, 0.1) is 12.8 Å². The standard InChI is InChI=1S/C17H22ClN5OS/c1-11-4-3-7-23(10-11)15-8-14(18)20-16(21-15)22-17(25)19-9-13-6-5-12(2)24-13/h5-6,8,11H,3-4,7,9-10H2,1-2H3,(H2,19,20,21,22,25)/t11-/m1/s1. The van der Waals surface area contributed by atoms with Gasteiger partial charge in [0.15, 0.2) is 5.11 Å². The number of aromatic nitrogens is 2. The van der Waals surface area contributed by atoms with Gasteiger partial charge in [0.25, 0.3) is 0 Å². The molecular formula is C17H22ClN5OS. The van der Waals surface area contributed by atoms with Gasteiger partial charge in [0, 0.05) is 19.2 Å². The van der Waals surface area contributed by atoms with Crippen LogP contribution in [0.4, 0.5) is 11.8 Å². The summed E-state index contributed by atoms with van der Waals surface area (Å²) in [7, 11) is 0. The number of nitrogens with zero attached hydrogens (tertiary/aromatic N) is 3. The van der Waals surface area contributed by atoms with Crippen LogP contribution in [0.1, 0.15) is 31.3 Å². The molecule has 8 heteroatoms. The zero-order valence-electron chi connectivity index (χ0n) is 14.4. The van der Waals surface area contributed by atoms with E-state index in [-0.39, 0.29) is 0 Å². The van der Waals surface area contributed by atoms with Crippen molar-refractivity contribution < 1.29 is 4.42 Å². The van der Waals surface area contributed by atoms with E-state index in [1.807, 2.05) is 19.1 Å². The largest absolute Gasteiger partial charge is 0.465 e. The van der Waals surface area contributed by atoms with E-state index in [0.717, 1.165) is 36.8 Å². The van der Waals surface area contributed by atoms with Crippen LogP contribution in [0.15, 0.2) is 22.6 Å². The third-order valence-electron chi connectivity index (χ3n) is 4.11. The molecule has 2 aromatic rings. The highest BCUT2D eigenvalue weighted by molar-refractivity contribution is 7.80. The van der Waals surface area contributed by atoms with Crippen molar-refractivity contribution in [3.05, 3.63) is 34.9 Å². The highest BCUT2D eigenvalue weighted by atomic mass is 35.5. The molecule has 6 nitrogen and oxygen atoms in total. The van der Waals surface area contributed by atoms with Crippen molar-refractivity contribution >= 4 is 40.7 Å². The number of nitrogens with one attached hydrogen (secondary N) is 2. The molecule has 134 valence electrons. The first-order valence-corrected chi connectivity index (χ1v) is 9.18. The Morgan fingerprint density at radius 2 is 2.28 bits per heavy atom. The first-order chi connectivity index (χ1) is 12.0. The molecule has 0 bridgehead atoms. The molecule has 3 rings (SSSR count). The molecule has 0 amide bonds. The Morgan fingerprint density at radius 1 is 1.44 bits per heavy atom. The smallest absolute Gasteiger partial charge is 0.232 e. The molecule has 1 saturated heterocycles. The molecule has 25 heavy (non-hydrogen) atoms. The van der Waals surface area contributed by atoms with Crippen molar-refractivity contribution in [1.82, 2.24) is 15.3 Å². The Balaban J connectivity index is 1.62. The number of halogens is 1. The fourth-order valence-corrected chi connectivity index (χ4v) is 3.26. The fraction of sp³-hybridized carbons (Fsp3) is 0.471. The lowest BCUT2D eigenvalue weighted by Crippen LogP contribution is -2.35. The van der Waals surface area contributed by atoms with E-state index in [0.29, 0.717) is 28.7 Å². The normalized spacial score (nSPS) is 17.4. The van der Waals surface area contributed by atoms with E-state index < -0.39 is 0 Å². The minimum Gasteiger partial charge on any atom is -0.465 e. The molecule has 0 spiro atoms. The van der Waals surface area contributed by atoms with Crippen LogP contribution in [-0.2, 0) is 6.54 Å². The lowest BCUT2D eigenvalue weighted by molar-refractivity contribution is 0.444. The van der Waals surface area contributed by atoms with Gasteiger partial charge in [-0.2, -0.15) is 4.98 Å². The second-order valence-electron chi connectivity index (χ2n) is 6.39. The summed E-state index contributed by atoms with van der Waals surface area (Å²) in [6.45, 7) is 6.62. The second-order valence-corrected chi connectivity index (χ2v) is 7.18. The van der Waals surface area contributed by atoms with Crippen molar-refractivity contribution in [2.24, 2.45) is 5.92 Å². The average molecular weight is 380 g/mol. The zero-order chi connectivity index (χ0) is 17.8. The predicted octanol–water partition coefficient (Wildman–Crippen LogP) is 3.75. The summed E-state index contributed by atoms with van der Waals surface area (Å²) in [5, 5.41) is 6.90. The predicted molar refractivity (Wildman–Crippen MR) is 104 cm³/mol. The van der Waals surface area contributed by atoms with Crippen LogP contribution in [0.5, 0.6) is 0 Å². The number of furan rings is 1. The van der Waals surface area contributed by atoms with Crippen LogP contribution in [0.25, 0.3) is 0 Å². The van der Waals surface area contributed by atoms with E-state index in [2.05, 4.69) is 32.4 Å². The number of piperidine rings is 1. The average Bonchev–Trinajstić information content (AvgIpc) is 2.98. The van der Waals surface area contributed by atoms with Gasteiger partial charge in [-0.3, -0.25) is 0 Å². The molecule has 0 aromatic carbocycles. The lowest BCUT2D eigenvalue weighted by atomic mass is 10.0. The third-order valence-corrected chi connectivity index (χ3v) is 4.55. The van der Waals surface area contributed by atoms with Crippen LogP contribution < -0.4 is 15.5 Å². The van der Waals surface area contributed by atoms with E-state index in [1.165, 1.54) is 6.42 Å². The van der Waals surface area contributed by atoms with Crippen molar-refractivity contribution in [3.8, 4) is 0 Å². The summed E-state index contributed by atoms with van der Waals surface area (Å²) in [5.74, 6) is 3.57. The summed E-state index contributed by atoms with van der Waals surface area (Å²) >= 11 is 11.5. The lowest BCUT2D eigenvalue weighted by Gasteiger charge is -2.32. The van der Waals surface area contributed by atoms with Gasteiger partial charge in [-0.15, -0.1) is 0 Å². The van der Waals surface area contributed by atoms with Gasteiger partial charge in [0.05, 0.1) is 6.54 Å². The maximum Gasteiger partial charge on any atom is 0.232 e. The van der Waals surface area contributed by atoms with E-state index in [9.17, 15) is 0 Å². The Morgan fingerprint density at radius 3 is 3.00 bits per heavy atom. The minimum atomic E-state index is 0.397. The summed E-state index contributed by atoms with van der Waals surface area (Å²) in [5.41, 5.74) is 0. The molecule has 0 unspecified atom stereocenters. The van der Waals surface area contributed by atoms with E-state index >= 15 is 0 Å². The molecule has 1 aliphatic heterocycles. The number of hydrogen-bond acceptors (Lipinski definition) is 5.